The molecule has 0 radical (unpaired) electrons. The van der Waals surface area contributed by atoms with Crippen molar-refractivity contribution in [3.05, 3.63) is 78.1 Å². The first-order valence-electron chi connectivity index (χ1n) is 9.36. The molecule has 3 rings (SSSR count). The molecular formula is C22H23FN4O2. The fourth-order valence-electron chi connectivity index (χ4n) is 2.81. The van der Waals surface area contributed by atoms with Crippen LogP contribution in [0.25, 0.3) is 0 Å². The molecular weight excluding hydrogens is 371 g/mol. The first-order valence-corrected chi connectivity index (χ1v) is 9.36. The summed E-state index contributed by atoms with van der Waals surface area (Å²) in [7, 11) is 0. The Kier molecular flexibility index (Phi) is 6.39. The molecule has 150 valence electrons. The number of imidazole rings is 1. The molecule has 2 aromatic carbocycles. The second-order valence-corrected chi connectivity index (χ2v) is 7.24. The molecule has 1 aromatic heterocycles. The third-order valence-corrected chi connectivity index (χ3v) is 4.14. The number of rotatable bonds is 7. The third-order valence-electron chi connectivity index (χ3n) is 4.14. The van der Waals surface area contributed by atoms with Gasteiger partial charge in [-0.05, 0) is 41.8 Å². The van der Waals surface area contributed by atoms with E-state index in [1.165, 1.54) is 18.2 Å². The Balaban J connectivity index is 1.58. The van der Waals surface area contributed by atoms with Gasteiger partial charge in [0, 0.05) is 30.5 Å². The molecule has 3 aromatic rings. The number of halogens is 1. The summed E-state index contributed by atoms with van der Waals surface area (Å²) in [5.41, 5.74) is 2.37. The molecule has 7 heteroatoms. The summed E-state index contributed by atoms with van der Waals surface area (Å²) in [5.74, 6) is -0.520. The second-order valence-electron chi connectivity index (χ2n) is 7.24. The highest BCUT2D eigenvalue weighted by molar-refractivity contribution is 6.02. The summed E-state index contributed by atoms with van der Waals surface area (Å²) in [4.78, 5) is 28.2. The van der Waals surface area contributed by atoms with Crippen molar-refractivity contribution in [1.82, 2.24) is 9.55 Å². The van der Waals surface area contributed by atoms with Crippen LogP contribution < -0.4 is 10.6 Å². The standard InChI is InChI=1S/C22H23FN4O2/c1-15(2)10-21(28)25-18-8-6-16(7-9-18)12-27-13-20(24-14-27)22(29)26-19-5-3-4-17(23)11-19/h3-9,11,13-15H,10,12H2,1-2H3,(H,25,28)(H,26,29). The minimum absolute atomic E-state index is 0.00342. The molecule has 0 saturated carbocycles. The number of hydrogen-bond donors (Lipinski definition) is 2. The minimum Gasteiger partial charge on any atom is -0.332 e. The van der Waals surface area contributed by atoms with E-state index in [0.29, 0.717) is 24.6 Å². The van der Waals surface area contributed by atoms with Gasteiger partial charge in [-0.2, -0.15) is 0 Å². The number of aromatic nitrogens is 2. The topological polar surface area (TPSA) is 76.0 Å². The Morgan fingerprint density at radius 1 is 1.07 bits per heavy atom. The van der Waals surface area contributed by atoms with Crippen LogP contribution in [0.15, 0.2) is 61.1 Å². The third kappa shape index (κ3) is 6.00. The molecule has 2 amide bonds. The lowest BCUT2D eigenvalue weighted by Crippen LogP contribution is -2.13. The van der Waals surface area contributed by atoms with Gasteiger partial charge >= 0.3 is 0 Å². The zero-order valence-electron chi connectivity index (χ0n) is 16.4. The van der Waals surface area contributed by atoms with Gasteiger partial charge in [-0.3, -0.25) is 9.59 Å². The first-order chi connectivity index (χ1) is 13.9. The van der Waals surface area contributed by atoms with E-state index in [-0.39, 0.29) is 11.6 Å². The number of nitrogens with one attached hydrogen (secondary N) is 2. The molecule has 0 saturated heterocycles. The molecule has 0 unspecified atom stereocenters. The number of carbonyl (C=O) groups is 2. The van der Waals surface area contributed by atoms with Crippen molar-refractivity contribution in [3.8, 4) is 0 Å². The molecule has 0 fully saturated rings. The van der Waals surface area contributed by atoms with E-state index in [9.17, 15) is 14.0 Å². The number of nitrogens with zero attached hydrogens (tertiary/aromatic N) is 2. The highest BCUT2D eigenvalue weighted by atomic mass is 19.1. The molecule has 6 nitrogen and oxygen atoms in total. The Hall–Kier alpha value is -3.48. The summed E-state index contributed by atoms with van der Waals surface area (Å²) in [5, 5.41) is 5.49. The van der Waals surface area contributed by atoms with Crippen molar-refractivity contribution in [3.63, 3.8) is 0 Å². The molecule has 0 aliphatic rings. The predicted octanol–water partition coefficient (Wildman–Crippen LogP) is 4.31. The molecule has 0 aliphatic heterocycles. The lowest BCUT2D eigenvalue weighted by atomic mass is 10.1. The number of amides is 2. The van der Waals surface area contributed by atoms with Gasteiger partial charge in [0.1, 0.15) is 11.5 Å². The summed E-state index contributed by atoms with van der Waals surface area (Å²) >= 11 is 0. The number of hydrogen-bond acceptors (Lipinski definition) is 3. The lowest BCUT2D eigenvalue weighted by molar-refractivity contribution is -0.116. The van der Waals surface area contributed by atoms with Gasteiger partial charge in [-0.15, -0.1) is 0 Å². The maximum Gasteiger partial charge on any atom is 0.275 e. The Morgan fingerprint density at radius 2 is 1.83 bits per heavy atom. The molecule has 0 atom stereocenters. The van der Waals surface area contributed by atoms with Crippen LogP contribution in [0.3, 0.4) is 0 Å². The summed E-state index contributed by atoms with van der Waals surface area (Å²) < 4.78 is 15.0. The van der Waals surface area contributed by atoms with E-state index in [1.807, 2.05) is 38.1 Å². The fraction of sp³-hybridized carbons (Fsp3) is 0.227. The van der Waals surface area contributed by atoms with Crippen LogP contribution >= 0.6 is 0 Å². The van der Waals surface area contributed by atoms with Crippen molar-refractivity contribution in [1.29, 1.82) is 0 Å². The van der Waals surface area contributed by atoms with Crippen LogP contribution in [-0.2, 0) is 11.3 Å². The van der Waals surface area contributed by atoms with Gasteiger partial charge in [0.2, 0.25) is 5.91 Å². The predicted molar refractivity (Wildman–Crippen MR) is 110 cm³/mol. The summed E-state index contributed by atoms with van der Waals surface area (Å²) in [6.45, 7) is 4.53. The van der Waals surface area contributed by atoms with Crippen molar-refractivity contribution in [2.24, 2.45) is 5.92 Å². The fourth-order valence-corrected chi connectivity index (χ4v) is 2.81. The van der Waals surface area contributed by atoms with Crippen LogP contribution in [0.5, 0.6) is 0 Å². The maximum atomic E-state index is 13.2. The average molecular weight is 394 g/mol. The summed E-state index contributed by atoms with van der Waals surface area (Å²) in [6, 6.07) is 13.2. The van der Waals surface area contributed by atoms with Gasteiger partial charge < -0.3 is 15.2 Å². The zero-order chi connectivity index (χ0) is 20.8. The van der Waals surface area contributed by atoms with Gasteiger partial charge in [0.15, 0.2) is 0 Å². The van der Waals surface area contributed by atoms with E-state index in [0.717, 1.165) is 11.3 Å². The van der Waals surface area contributed by atoms with Gasteiger partial charge in [-0.1, -0.05) is 32.0 Å². The number of anilines is 2. The van der Waals surface area contributed by atoms with Crippen molar-refractivity contribution in [2.45, 2.75) is 26.8 Å². The summed E-state index contributed by atoms with van der Waals surface area (Å²) in [6.07, 6.45) is 3.68. The monoisotopic (exact) mass is 394 g/mol. The van der Waals surface area contributed by atoms with Crippen molar-refractivity contribution in [2.75, 3.05) is 10.6 Å². The van der Waals surface area contributed by atoms with E-state index in [4.69, 9.17) is 0 Å². The molecule has 0 spiro atoms. The van der Waals surface area contributed by atoms with Gasteiger partial charge in [-0.25, -0.2) is 9.37 Å². The molecule has 0 aliphatic carbocycles. The minimum atomic E-state index is -0.419. The molecule has 1 heterocycles. The molecule has 0 bridgehead atoms. The largest absolute Gasteiger partial charge is 0.332 e. The smallest absolute Gasteiger partial charge is 0.275 e. The van der Waals surface area contributed by atoms with Crippen molar-refractivity contribution >= 4 is 23.2 Å². The highest BCUT2D eigenvalue weighted by Crippen LogP contribution is 2.14. The normalized spacial score (nSPS) is 10.8. The maximum absolute atomic E-state index is 13.2. The van der Waals surface area contributed by atoms with Crippen LogP contribution in [0, 0.1) is 11.7 Å². The average Bonchev–Trinajstić information content (AvgIpc) is 3.11. The van der Waals surface area contributed by atoms with Crippen LogP contribution in [0.4, 0.5) is 15.8 Å². The lowest BCUT2D eigenvalue weighted by Gasteiger charge is -2.08. The second kappa shape index (κ2) is 9.14. The Morgan fingerprint density at radius 3 is 2.52 bits per heavy atom. The van der Waals surface area contributed by atoms with E-state index < -0.39 is 11.7 Å². The number of benzene rings is 2. The quantitative estimate of drug-likeness (QED) is 0.627. The SMILES string of the molecule is CC(C)CC(=O)Nc1ccc(Cn2cnc(C(=O)Nc3cccc(F)c3)c2)cc1. The van der Waals surface area contributed by atoms with Crippen molar-refractivity contribution < 1.29 is 14.0 Å². The van der Waals surface area contributed by atoms with E-state index >= 15 is 0 Å². The Bertz CT molecular complexity index is 996. The van der Waals surface area contributed by atoms with E-state index in [2.05, 4.69) is 15.6 Å². The highest BCUT2D eigenvalue weighted by Gasteiger charge is 2.11. The Labute approximate surface area is 168 Å². The van der Waals surface area contributed by atoms with Crippen LogP contribution in [0.1, 0.15) is 36.3 Å². The van der Waals surface area contributed by atoms with Crippen LogP contribution in [-0.4, -0.2) is 21.4 Å². The molecule has 29 heavy (non-hydrogen) atoms. The van der Waals surface area contributed by atoms with Gasteiger partial charge in [0.25, 0.3) is 5.91 Å². The molecule has 2 N–H and O–H groups in total. The number of carbonyl (C=O) groups excluding carboxylic acids is 2. The van der Waals surface area contributed by atoms with Gasteiger partial charge in [0.05, 0.1) is 6.33 Å². The van der Waals surface area contributed by atoms with E-state index in [1.54, 1.807) is 23.2 Å². The van der Waals surface area contributed by atoms with Crippen LogP contribution in [0.2, 0.25) is 0 Å². The first kappa shape index (κ1) is 20.3. The zero-order valence-corrected chi connectivity index (χ0v) is 16.4.